The van der Waals surface area contributed by atoms with Gasteiger partial charge in [-0.1, -0.05) is 27.7 Å². The number of Topliss-reactive ketones (excluding diaryl/α,β-unsaturated/α-hetero) is 1. The molecule has 2 saturated heterocycles. The molecule has 3 fully saturated rings. The van der Waals surface area contributed by atoms with Crippen LogP contribution in [0, 0.1) is 29.1 Å². The Kier molecular flexibility index (Phi) is 8.21. The van der Waals surface area contributed by atoms with Crippen LogP contribution in [0.2, 0.25) is 0 Å². The molecule has 1 aromatic heterocycles. The number of aliphatic hydroxyl groups is 2. The average Bonchev–Trinajstić information content (AvgIpc) is 3.75. The van der Waals surface area contributed by atoms with E-state index in [2.05, 4.69) is 4.98 Å². The topological polar surface area (TPSA) is 132 Å². The zero-order valence-electron chi connectivity index (χ0n) is 23.5. The Bertz CT molecular complexity index is 1150. The van der Waals surface area contributed by atoms with E-state index in [-0.39, 0.29) is 30.8 Å². The minimum absolute atomic E-state index is 0.0155. The van der Waals surface area contributed by atoms with Gasteiger partial charge in [-0.2, -0.15) is 18.2 Å². The predicted octanol–water partition coefficient (Wildman–Crippen LogP) is 4.11. The first-order valence-electron chi connectivity index (χ1n) is 13.5. The third-order valence-corrected chi connectivity index (χ3v) is 9.07. The maximum atomic E-state index is 14.4. The maximum Gasteiger partial charge on any atom is 0.420 e. The van der Waals surface area contributed by atoms with Crippen LogP contribution in [0.25, 0.3) is 6.08 Å². The molecule has 12 heteroatoms. The van der Waals surface area contributed by atoms with Crippen LogP contribution in [0.3, 0.4) is 0 Å². The second-order valence-electron chi connectivity index (χ2n) is 12.1. The molecule has 3 heterocycles. The third kappa shape index (κ3) is 5.80. The van der Waals surface area contributed by atoms with Crippen molar-refractivity contribution < 1.29 is 51.6 Å². The molecule has 1 aromatic rings. The van der Waals surface area contributed by atoms with Gasteiger partial charge in [-0.3, -0.25) is 9.59 Å². The number of hydrogen-bond acceptors (Lipinski definition) is 9. The lowest BCUT2D eigenvalue weighted by molar-refractivity contribution is -0.187. The van der Waals surface area contributed by atoms with E-state index in [0.29, 0.717) is 17.7 Å². The number of esters is 1. The highest BCUT2D eigenvalue weighted by molar-refractivity contribution is 5.88. The van der Waals surface area contributed by atoms with Crippen LogP contribution in [0.15, 0.2) is 16.3 Å². The molecule has 1 saturated carbocycles. The Morgan fingerprint density at radius 2 is 1.88 bits per heavy atom. The molecule has 4 rings (SSSR count). The maximum absolute atomic E-state index is 14.4. The highest BCUT2D eigenvalue weighted by Gasteiger charge is 2.74. The summed E-state index contributed by atoms with van der Waals surface area (Å²) in [5.41, 5.74) is -3.08. The smallest absolute Gasteiger partial charge is 0.420 e. The van der Waals surface area contributed by atoms with Crippen LogP contribution in [-0.2, 0) is 19.1 Å². The van der Waals surface area contributed by atoms with Gasteiger partial charge in [0.15, 0.2) is 5.60 Å². The highest BCUT2D eigenvalue weighted by Crippen LogP contribution is 2.61. The quantitative estimate of drug-likeness (QED) is 0.405. The van der Waals surface area contributed by atoms with Crippen molar-refractivity contribution in [1.29, 1.82) is 0 Å². The number of rotatable bonds is 3. The van der Waals surface area contributed by atoms with Crippen LogP contribution in [0.4, 0.5) is 13.2 Å². The van der Waals surface area contributed by atoms with Gasteiger partial charge in [0.1, 0.15) is 29.9 Å². The number of alkyl halides is 3. The van der Waals surface area contributed by atoms with Crippen LogP contribution in [0.5, 0.6) is 6.08 Å². The summed E-state index contributed by atoms with van der Waals surface area (Å²) in [6.45, 7) is 7.86. The van der Waals surface area contributed by atoms with E-state index >= 15 is 0 Å². The minimum Gasteiger partial charge on any atom is -0.458 e. The van der Waals surface area contributed by atoms with Crippen molar-refractivity contribution in [3.63, 3.8) is 0 Å². The Labute approximate surface area is 231 Å². The molecule has 40 heavy (non-hydrogen) atoms. The number of halogens is 3. The number of cyclic esters (lactones) is 1. The number of aliphatic hydroxyl groups excluding tert-OH is 2. The lowest BCUT2D eigenvalue weighted by Gasteiger charge is -2.34. The van der Waals surface area contributed by atoms with Crippen molar-refractivity contribution in [1.82, 2.24) is 4.98 Å². The predicted molar refractivity (Wildman–Crippen MR) is 135 cm³/mol. The molecule has 2 aliphatic heterocycles. The van der Waals surface area contributed by atoms with Crippen LogP contribution < -0.4 is 4.74 Å². The molecule has 2 N–H and O–H groups in total. The van der Waals surface area contributed by atoms with Gasteiger partial charge in [0, 0.05) is 12.3 Å². The van der Waals surface area contributed by atoms with E-state index in [1.807, 2.05) is 0 Å². The molecule has 9 atom stereocenters. The van der Waals surface area contributed by atoms with Gasteiger partial charge < -0.3 is 28.8 Å². The molecule has 0 aromatic carbocycles. The molecule has 0 spiro atoms. The first-order chi connectivity index (χ1) is 18.5. The molecule has 0 amide bonds. The number of carbonyl (C=O) groups excluding carboxylic acids is 2. The van der Waals surface area contributed by atoms with Gasteiger partial charge in [-0.05, 0) is 49.2 Å². The zero-order valence-corrected chi connectivity index (χ0v) is 23.5. The third-order valence-electron chi connectivity index (χ3n) is 9.07. The molecular weight excluding hydrogens is 535 g/mol. The number of fused-ring (bicyclic) bond motifs is 2. The summed E-state index contributed by atoms with van der Waals surface area (Å²) in [6.07, 6.45) is -7.47. The van der Waals surface area contributed by atoms with Crippen molar-refractivity contribution in [3.8, 4) is 6.08 Å². The van der Waals surface area contributed by atoms with Crippen molar-refractivity contribution in [2.24, 2.45) is 29.1 Å². The minimum atomic E-state index is -4.66. The Hall–Kier alpha value is -2.44. The van der Waals surface area contributed by atoms with Crippen molar-refractivity contribution in [2.75, 3.05) is 7.11 Å². The number of aromatic nitrogens is 1. The molecule has 9 nitrogen and oxygen atoms in total. The number of oxazole rings is 1. The summed E-state index contributed by atoms with van der Waals surface area (Å²) in [4.78, 5) is 30.4. The van der Waals surface area contributed by atoms with Crippen molar-refractivity contribution in [2.45, 2.75) is 96.5 Å². The van der Waals surface area contributed by atoms with Crippen molar-refractivity contribution in [3.05, 3.63) is 17.5 Å². The van der Waals surface area contributed by atoms with Crippen LogP contribution in [0.1, 0.15) is 66.0 Å². The van der Waals surface area contributed by atoms with Crippen LogP contribution >= 0.6 is 0 Å². The molecule has 1 aliphatic carbocycles. The van der Waals surface area contributed by atoms with Gasteiger partial charge in [0.05, 0.1) is 31.2 Å². The van der Waals surface area contributed by atoms with Crippen molar-refractivity contribution >= 4 is 17.8 Å². The van der Waals surface area contributed by atoms with Gasteiger partial charge in [0.2, 0.25) is 0 Å². The summed E-state index contributed by atoms with van der Waals surface area (Å²) in [6, 6.07) is 0. The van der Waals surface area contributed by atoms with E-state index in [4.69, 9.17) is 18.6 Å². The molecular formula is C28H38F3NO8. The number of nitrogens with zero attached hydrogens (tertiary/aromatic N) is 1. The number of hydrogen-bond donors (Lipinski definition) is 2. The second kappa shape index (κ2) is 10.8. The van der Waals surface area contributed by atoms with Gasteiger partial charge >= 0.3 is 18.2 Å². The lowest BCUT2D eigenvalue weighted by Crippen LogP contribution is -2.46. The summed E-state index contributed by atoms with van der Waals surface area (Å²) in [7, 11) is 1.36. The first kappa shape index (κ1) is 30.5. The summed E-state index contributed by atoms with van der Waals surface area (Å²) < 4.78 is 64.1. The van der Waals surface area contributed by atoms with E-state index < -0.39 is 71.6 Å². The largest absolute Gasteiger partial charge is 0.458 e. The molecule has 3 aliphatic rings. The average molecular weight is 574 g/mol. The number of ketones is 1. The number of carbonyl (C=O) groups is 2. The SMILES string of the molecule is COc1nc(/C=C(\C)[C@@H]2CC3OC3(C(F)(F)F)CC3CC3[C@H](C)[C@H](O)[C@@H](C)C(=O)C(C)(C)[C@@H](O)CC(=O)O2)co1. The lowest BCUT2D eigenvalue weighted by atomic mass is 9.72. The fraction of sp³-hybridized carbons (Fsp3) is 0.750. The second-order valence-corrected chi connectivity index (χ2v) is 12.1. The number of methoxy groups -OCH3 is 1. The number of ether oxygens (including phenoxy) is 3. The van der Waals surface area contributed by atoms with Gasteiger partial charge in [-0.15, -0.1) is 0 Å². The zero-order chi connectivity index (χ0) is 29.8. The van der Waals surface area contributed by atoms with E-state index in [0.717, 1.165) is 0 Å². The fourth-order valence-corrected chi connectivity index (χ4v) is 6.05. The monoisotopic (exact) mass is 573 g/mol. The summed E-state index contributed by atoms with van der Waals surface area (Å²) in [5, 5.41) is 21.8. The van der Waals surface area contributed by atoms with E-state index in [1.165, 1.54) is 40.2 Å². The Morgan fingerprint density at radius 3 is 2.48 bits per heavy atom. The highest BCUT2D eigenvalue weighted by atomic mass is 19.4. The molecule has 0 bridgehead atoms. The summed E-state index contributed by atoms with van der Waals surface area (Å²) in [5.74, 6) is -3.21. The molecule has 224 valence electrons. The van der Waals surface area contributed by atoms with Gasteiger partial charge in [0.25, 0.3) is 0 Å². The van der Waals surface area contributed by atoms with E-state index in [9.17, 15) is 33.0 Å². The molecule has 0 radical (unpaired) electrons. The number of epoxide rings is 1. The summed E-state index contributed by atoms with van der Waals surface area (Å²) >= 11 is 0. The van der Waals surface area contributed by atoms with E-state index in [1.54, 1.807) is 13.8 Å². The standard InChI is InChI=1S/C28H38F3NO8/c1-13(7-17-12-38-25(32-17)37-6)19-9-21-27(40-21,28(29,30)31)11-16-8-18(16)14(2)23(35)15(3)24(36)26(4,5)20(33)10-22(34)39-19/h7,12,14-16,18-21,23,33,35H,8-11H2,1-6H3/b13-7+/t14-,15+,16?,18?,19-,20-,21?,23-,27?/m0/s1. The normalized spacial score (nSPS) is 39.1. The first-order valence-corrected chi connectivity index (χ1v) is 13.5. The fourth-order valence-electron chi connectivity index (χ4n) is 6.05. The Balaban J connectivity index is 1.66. The van der Waals surface area contributed by atoms with Gasteiger partial charge in [-0.25, -0.2) is 0 Å². The molecule has 4 unspecified atom stereocenters. The van der Waals surface area contributed by atoms with Crippen LogP contribution in [-0.4, -0.2) is 70.3 Å². The Morgan fingerprint density at radius 1 is 1.20 bits per heavy atom.